The molecule has 1 heterocycles. The van der Waals surface area contributed by atoms with Crippen molar-refractivity contribution in [3.8, 4) is 11.1 Å². The van der Waals surface area contributed by atoms with Crippen LogP contribution in [0.15, 0.2) is 60.0 Å². The third-order valence-electron chi connectivity index (χ3n) is 3.98. The lowest BCUT2D eigenvalue weighted by molar-refractivity contribution is -0.125. The van der Waals surface area contributed by atoms with Crippen LogP contribution in [0.2, 0.25) is 0 Å². The van der Waals surface area contributed by atoms with Gasteiger partial charge in [0.2, 0.25) is 0 Å². The second-order valence-corrected chi connectivity index (χ2v) is 7.00. The molecule has 0 radical (unpaired) electrons. The van der Waals surface area contributed by atoms with Gasteiger partial charge in [0.1, 0.15) is 10.7 Å². The summed E-state index contributed by atoms with van der Waals surface area (Å²) in [5.74, 6) is -2.93. The Morgan fingerprint density at radius 3 is 2.45 bits per heavy atom. The minimum atomic E-state index is -0.817. The highest BCUT2D eigenvalue weighted by atomic mass is 32.1. The lowest BCUT2D eigenvalue weighted by Crippen LogP contribution is -2.43. The number of aryl methyl sites for hydroxylation is 1. The number of rotatable bonds is 5. The van der Waals surface area contributed by atoms with Crippen molar-refractivity contribution in [3.63, 3.8) is 0 Å². The molecule has 0 aliphatic rings. The van der Waals surface area contributed by atoms with Gasteiger partial charge < -0.3 is 4.74 Å². The van der Waals surface area contributed by atoms with Crippen molar-refractivity contribution in [3.05, 3.63) is 81.8 Å². The molecule has 3 rings (SSSR count). The lowest BCUT2D eigenvalue weighted by Gasteiger charge is -2.09. The molecule has 0 saturated heterocycles. The maximum atomic E-state index is 13.5. The fourth-order valence-corrected chi connectivity index (χ4v) is 3.31. The first kappa shape index (κ1) is 20.2. The zero-order valence-corrected chi connectivity index (χ0v) is 16.2. The first-order valence-corrected chi connectivity index (χ1v) is 9.49. The molecule has 2 amide bonds. The SMILES string of the molecule is Cc1ccc(-c2ccsc2C(=O)OCC(=O)NNC(=O)c2ccccc2F)cc1. The smallest absolute Gasteiger partial charge is 0.349 e. The summed E-state index contributed by atoms with van der Waals surface area (Å²) in [7, 11) is 0. The minimum absolute atomic E-state index is 0.217. The van der Waals surface area contributed by atoms with E-state index >= 15 is 0 Å². The van der Waals surface area contributed by atoms with Gasteiger partial charge in [0.15, 0.2) is 6.61 Å². The molecule has 2 N–H and O–H groups in total. The monoisotopic (exact) mass is 412 g/mol. The molecular weight excluding hydrogens is 395 g/mol. The molecule has 29 heavy (non-hydrogen) atoms. The maximum Gasteiger partial charge on any atom is 0.349 e. The molecule has 0 saturated carbocycles. The summed E-state index contributed by atoms with van der Waals surface area (Å²) in [6, 6.07) is 14.8. The minimum Gasteiger partial charge on any atom is -0.451 e. The number of hydrazine groups is 1. The molecule has 0 aliphatic heterocycles. The summed E-state index contributed by atoms with van der Waals surface area (Å²) >= 11 is 1.21. The first-order valence-electron chi connectivity index (χ1n) is 8.61. The maximum absolute atomic E-state index is 13.5. The van der Waals surface area contributed by atoms with E-state index in [1.807, 2.05) is 31.2 Å². The Hall–Kier alpha value is -3.52. The van der Waals surface area contributed by atoms with Crippen molar-refractivity contribution in [1.29, 1.82) is 0 Å². The second-order valence-electron chi connectivity index (χ2n) is 6.09. The van der Waals surface area contributed by atoms with Crippen LogP contribution in [-0.2, 0) is 9.53 Å². The van der Waals surface area contributed by atoms with Crippen LogP contribution in [0, 0.1) is 12.7 Å². The Morgan fingerprint density at radius 2 is 1.72 bits per heavy atom. The molecule has 0 aliphatic carbocycles. The van der Waals surface area contributed by atoms with Gasteiger partial charge in [-0.05, 0) is 36.1 Å². The predicted molar refractivity (Wildman–Crippen MR) is 107 cm³/mol. The summed E-state index contributed by atoms with van der Waals surface area (Å²) in [5.41, 5.74) is 6.62. The van der Waals surface area contributed by atoms with E-state index < -0.39 is 30.2 Å². The van der Waals surface area contributed by atoms with Crippen LogP contribution in [0.3, 0.4) is 0 Å². The van der Waals surface area contributed by atoms with Gasteiger partial charge in [-0.1, -0.05) is 42.0 Å². The molecule has 0 unspecified atom stereocenters. The molecular formula is C21H17FN2O4S. The molecule has 0 spiro atoms. The average molecular weight is 412 g/mol. The van der Waals surface area contributed by atoms with Gasteiger partial charge in [-0.2, -0.15) is 0 Å². The van der Waals surface area contributed by atoms with Gasteiger partial charge in [0.05, 0.1) is 5.56 Å². The number of thiophene rings is 1. The number of amides is 2. The van der Waals surface area contributed by atoms with Crippen LogP contribution < -0.4 is 10.9 Å². The molecule has 0 fully saturated rings. The second kappa shape index (κ2) is 9.11. The summed E-state index contributed by atoms with van der Waals surface area (Å²) in [4.78, 5) is 36.4. The molecule has 2 aromatic carbocycles. The lowest BCUT2D eigenvalue weighted by atomic mass is 10.1. The molecule has 3 aromatic rings. The van der Waals surface area contributed by atoms with E-state index in [0.717, 1.165) is 17.2 Å². The van der Waals surface area contributed by atoms with Gasteiger partial charge in [0, 0.05) is 5.56 Å². The Labute approximate surface area is 170 Å². The summed E-state index contributed by atoms with van der Waals surface area (Å²) in [6.07, 6.45) is 0. The molecule has 148 valence electrons. The van der Waals surface area contributed by atoms with Gasteiger partial charge in [0.25, 0.3) is 11.8 Å². The van der Waals surface area contributed by atoms with Crippen LogP contribution in [-0.4, -0.2) is 24.4 Å². The molecule has 6 nitrogen and oxygen atoms in total. The zero-order chi connectivity index (χ0) is 20.8. The van der Waals surface area contributed by atoms with E-state index in [1.165, 1.54) is 29.5 Å². The van der Waals surface area contributed by atoms with Gasteiger partial charge in [-0.25, -0.2) is 9.18 Å². The number of benzene rings is 2. The van der Waals surface area contributed by atoms with Crippen molar-refractivity contribution in [1.82, 2.24) is 10.9 Å². The van der Waals surface area contributed by atoms with Gasteiger partial charge in [-0.3, -0.25) is 20.4 Å². The third-order valence-corrected chi connectivity index (χ3v) is 4.88. The first-order chi connectivity index (χ1) is 14.0. The number of esters is 1. The van der Waals surface area contributed by atoms with Crippen molar-refractivity contribution >= 4 is 29.1 Å². The van der Waals surface area contributed by atoms with E-state index in [9.17, 15) is 18.8 Å². The van der Waals surface area contributed by atoms with Crippen LogP contribution in [0.4, 0.5) is 4.39 Å². The Morgan fingerprint density at radius 1 is 1.00 bits per heavy atom. The molecule has 8 heteroatoms. The largest absolute Gasteiger partial charge is 0.451 e. The summed E-state index contributed by atoms with van der Waals surface area (Å²) < 4.78 is 18.6. The van der Waals surface area contributed by atoms with Gasteiger partial charge in [-0.15, -0.1) is 11.3 Å². The number of hydrogen-bond acceptors (Lipinski definition) is 5. The Kier molecular flexibility index (Phi) is 6.36. The van der Waals surface area contributed by atoms with Crippen LogP contribution >= 0.6 is 11.3 Å². The Bertz CT molecular complexity index is 1050. The van der Waals surface area contributed by atoms with Crippen molar-refractivity contribution in [2.24, 2.45) is 0 Å². The summed E-state index contributed by atoms with van der Waals surface area (Å²) in [6.45, 7) is 1.37. The third kappa shape index (κ3) is 5.05. The molecule has 0 bridgehead atoms. The van der Waals surface area contributed by atoms with E-state index in [2.05, 4.69) is 10.9 Å². The van der Waals surface area contributed by atoms with Crippen LogP contribution in [0.5, 0.6) is 0 Å². The van der Waals surface area contributed by atoms with Crippen LogP contribution in [0.1, 0.15) is 25.6 Å². The number of carbonyl (C=O) groups is 3. The van der Waals surface area contributed by atoms with E-state index in [1.54, 1.807) is 11.4 Å². The van der Waals surface area contributed by atoms with Crippen molar-refractivity contribution in [2.45, 2.75) is 6.92 Å². The Balaban J connectivity index is 1.54. The number of nitrogens with one attached hydrogen (secondary N) is 2. The number of ether oxygens (including phenoxy) is 1. The predicted octanol–water partition coefficient (Wildman–Crippen LogP) is 3.48. The molecule has 0 atom stereocenters. The van der Waals surface area contributed by atoms with E-state index in [0.29, 0.717) is 10.4 Å². The highest BCUT2D eigenvalue weighted by Gasteiger charge is 2.18. The summed E-state index contributed by atoms with van der Waals surface area (Å²) in [5, 5.41) is 1.76. The standard InChI is InChI=1S/C21H17FN2O4S/c1-13-6-8-14(9-7-13)15-10-11-29-19(15)21(27)28-12-18(25)23-24-20(26)16-4-2-3-5-17(16)22/h2-11H,12H2,1H3,(H,23,25)(H,24,26). The fourth-order valence-electron chi connectivity index (χ4n) is 2.50. The number of carbonyl (C=O) groups excluding carboxylic acids is 3. The highest BCUT2D eigenvalue weighted by molar-refractivity contribution is 7.12. The van der Waals surface area contributed by atoms with E-state index in [4.69, 9.17) is 4.74 Å². The van der Waals surface area contributed by atoms with Crippen molar-refractivity contribution < 1.29 is 23.5 Å². The molecule has 1 aromatic heterocycles. The van der Waals surface area contributed by atoms with Crippen LogP contribution in [0.25, 0.3) is 11.1 Å². The average Bonchev–Trinajstić information content (AvgIpc) is 3.21. The quantitative estimate of drug-likeness (QED) is 0.496. The highest BCUT2D eigenvalue weighted by Crippen LogP contribution is 2.29. The number of hydrogen-bond donors (Lipinski definition) is 2. The topological polar surface area (TPSA) is 84.5 Å². The van der Waals surface area contributed by atoms with Gasteiger partial charge >= 0.3 is 5.97 Å². The zero-order valence-electron chi connectivity index (χ0n) is 15.4. The fraction of sp³-hybridized carbons (Fsp3) is 0.0952. The van der Waals surface area contributed by atoms with Crippen molar-refractivity contribution in [2.75, 3.05) is 6.61 Å². The number of halogens is 1. The van der Waals surface area contributed by atoms with E-state index in [-0.39, 0.29) is 5.56 Å². The normalized spacial score (nSPS) is 10.3.